The van der Waals surface area contributed by atoms with Crippen LogP contribution >= 0.6 is 28.1 Å². The lowest BCUT2D eigenvalue weighted by Crippen LogP contribution is -2.23. The molecule has 0 unspecified atom stereocenters. The SMILES string of the molecule is COc1ccc(/C=N/NC(=S)Nc2ccccc2)c(Br)c1O. The van der Waals surface area contributed by atoms with Gasteiger partial charge in [-0.25, -0.2) is 0 Å². The van der Waals surface area contributed by atoms with Crippen molar-refractivity contribution in [2.45, 2.75) is 0 Å². The van der Waals surface area contributed by atoms with Gasteiger partial charge in [-0.05, 0) is 52.4 Å². The van der Waals surface area contributed by atoms with Crippen molar-refractivity contribution in [3.8, 4) is 11.5 Å². The van der Waals surface area contributed by atoms with Crippen LogP contribution in [-0.4, -0.2) is 23.5 Å². The van der Waals surface area contributed by atoms with Crippen LogP contribution in [0.3, 0.4) is 0 Å². The molecule has 114 valence electrons. The van der Waals surface area contributed by atoms with Crippen molar-refractivity contribution in [3.05, 3.63) is 52.5 Å². The van der Waals surface area contributed by atoms with Gasteiger partial charge in [-0.15, -0.1) is 0 Å². The number of para-hydroxylation sites is 1. The van der Waals surface area contributed by atoms with E-state index < -0.39 is 0 Å². The molecule has 0 bridgehead atoms. The highest BCUT2D eigenvalue weighted by molar-refractivity contribution is 9.10. The maximum atomic E-state index is 9.89. The third-order valence-electron chi connectivity index (χ3n) is 2.73. The first kappa shape index (κ1) is 16.3. The Labute approximate surface area is 142 Å². The molecule has 0 fully saturated rings. The molecule has 0 aliphatic rings. The number of halogens is 1. The number of thiocarbonyl (C=S) groups is 1. The molecule has 2 aromatic rings. The van der Waals surface area contributed by atoms with Gasteiger partial charge in [0.15, 0.2) is 16.6 Å². The number of benzene rings is 2. The largest absolute Gasteiger partial charge is 0.503 e. The number of methoxy groups -OCH3 is 1. The highest BCUT2D eigenvalue weighted by Crippen LogP contribution is 2.35. The zero-order valence-corrected chi connectivity index (χ0v) is 14.1. The second-order valence-corrected chi connectivity index (χ2v) is 5.41. The van der Waals surface area contributed by atoms with Gasteiger partial charge in [0.1, 0.15) is 0 Å². The second kappa shape index (κ2) is 7.77. The Balaban J connectivity index is 1.98. The van der Waals surface area contributed by atoms with Crippen LogP contribution in [0.25, 0.3) is 0 Å². The number of hydrogen-bond donors (Lipinski definition) is 3. The van der Waals surface area contributed by atoms with E-state index in [1.807, 2.05) is 30.3 Å². The Morgan fingerprint density at radius 3 is 2.68 bits per heavy atom. The first-order chi connectivity index (χ1) is 10.6. The molecule has 0 amide bonds. The predicted molar refractivity (Wildman–Crippen MR) is 95.8 cm³/mol. The van der Waals surface area contributed by atoms with Crippen LogP contribution < -0.4 is 15.5 Å². The van der Waals surface area contributed by atoms with Crippen molar-refractivity contribution >= 4 is 45.2 Å². The Morgan fingerprint density at radius 1 is 1.27 bits per heavy atom. The molecule has 0 radical (unpaired) electrons. The molecule has 0 heterocycles. The summed E-state index contributed by atoms with van der Waals surface area (Å²) in [5.74, 6) is 0.412. The zero-order valence-electron chi connectivity index (χ0n) is 11.7. The van der Waals surface area contributed by atoms with Gasteiger partial charge in [-0.2, -0.15) is 5.10 Å². The van der Waals surface area contributed by atoms with Crippen LogP contribution in [0.2, 0.25) is 0 Å². The molecule has 22 heavy (non-hydrogen) atoms. The summed E-state index contributed by atoms with van der Waals surface area (Å²) in [5.41, 5.74) is 4.27. The fraction of sp³-hybridized carbons (Fsp3) is 0.0667. The summed E-state index contributed by atoms with van der Waals surface area (Å²) in [6, 6.07) is 13.0. The van der Waals surface area contributed by atoms with Crippen LogP contribution in [-0.2, 0) is 0 Å². The Hall–Kier alpha value is -2.12. The minimum atomic E-state index is 0.0245. The van der Waals surface area contributed by atoms with Crippen LogP contribution in [0.1, 0.15) is 5.56 Å². The minimum absolute atomic E-state index is 0.0245. The van der Waals surface area contributed by atoms with Gasteiger partial charge in [0.05, 0.1) is 17.8 Å². The lowest BCUT2D eigenvalue weighted by Gasteiger charge is -2.08. The number of ether oxygens (including phenoxy) is 1. The van der Waals surface area contributed by atoms with E-state index in [1.54, 1.807) is 18.3 Å². The second-order valence-electron chi connectivity index (χ2n) is 4.21. The summed E-state index contributed by atoms with van der Waals surface area (Å²) in [4.78, 5) is 0. The highest BCUT2D eigenvalue weighted by Gasteiger charge is 2.09. The molecule has 2 rings (SSSR count). The molecule has 7 heteroatoms. The first-order valence-electron chi connectivity index (χ1n) is 6.32. The zero-order chi connectivity index (χ0) is 15.9. The van der Waals surface area contributed by atoms with E-state index in [-0.39, 0.29) is 5.75 Å². The molecular formula is C15H14BrN3O2S. The Bertz CT molecular complexity index is 693. The topological polar surface area (TPSA) is 65.9 Å². The van der Waals surface area contributed by atoms with Crippen molar-refractivity contribution in [2.75, 3.05) is 12.4 Å². The number of nitrogens with zero attached hydrogens (tertiary/aromatic N) is 1. The molecular weight excluding hydrogens is 366 g/mol. The molecule has 2 aromatic carbocycles. The van der Waals surface area contributed by atoms with Gasteiger partial charge in [-0.1, -0.05) is 18.2 Å². The Kier molecular flexibility index (Phi) is 5.74. The molecule has 0 aromatic heterocycles. The molecule has 0 spiro atoms. The number of phenols is 1. The summed E-state index contributed by atoms with van der Waals surface area (Å²) in [7, 11) is 1.49. The monoisotopic (exact) mass is 379 g/mol. The van der Waals surface area contributed by atoms with Crippen molar-refractivity contribution in [1.29, 1.82) is 0 Å². The fourth-order valence-electron chi connectivity index (χ4n) is 1.67. The molecule has 0 saturated carbocycles. The maximum absolute atomic E-state index is 9.89. The number of aromatic hydroxyl groups is 1. The van der Waals surface area contributed by atoms with Gasteiger partial charge >= 0.3 is 0 Å². The molecule has 0 aliphatic heterocycles. The summed E-state index contributed by atoms with van der Waals surface area (Å²) in [6.45, 7) is 0. The summed E-state index contributed by atoms with van der Waals surface area (Å²) in [5, 5.41) is 17.3. The first-order valence-corrected chi connectivity index (χ1v) is 7.52. The van der Waals surface area contributed by atoms with Gasteiger partial charge in [-0.3, -0.25) is 5.43 Å². The maximum Gasteiger partial charge on any atom is 0.191 e. The molecule has 5 nitrogen and oxygen atoms in total. The van der Waals surface area contributed by atoms with E-state index in [2.05, 4.69) is 31.8 Å². The third-order valence-corrected chi connectivity index (χ3v) is 3.76. The summed E-state index contributed by atoms with van der Waals surface area (Å²) < 4.78 is 5.52. The standard InChI is InChI=1S/C15H14BrN3O2S/c1-21-12-8-7-10(13(16)14(12)20)9-17-19-15(22)18-11-5-3-2-4-6-11/h2-9,20H,1H3,(H2,18,19,22)/b17-9+. The molecule has 3 N–H and O–H groups in total. The predicted octanol–water partition coefficient (Wildman–Crippen LogP) is 3.48. The lowest BCUT2D eigenvalue weighted by molar-refractivity contribution is 0.372. The average Bonchev–Trinajstić information content (AvgIpc) is 2.52. The van der Waals surface area contributed by atoms with Crippen LogP contribution in [0.4, 0.5) is 5.69 Å². The number of nitrogens with one attached hydrogen (secondary N) is 2. The fourth-order valence-corrected chi connectivity index (χ4v) is 2.27. The summed E-state index contributed by atoms with van der Waals surface area (Å²) >= 11 is 8.43. The van der Waals surface area contributed by atoms with E-state index >= 15 is 0 Å². The van der Waals surface area contributed by atoms with E-state index in [9.17, 15) is 5.11 Å². The van der Waals surface area contributed by atoms with Gasteiger partial charge in [0, 0.05) is 11.3 Å². The van der Waals surface area contributed by atoms with E-state index in [0.29, 0.717) is 20.9 Å². The lowest BCUT2D eigenvalue weighted by atomic mass is 10.2. The molecule has 0 saturated heterocycles. The van der Waals surface area contributed by atoms with Crippen LogP contribution in [0, 0.1) is 0 Å². The Morgan fingerprint density at radius 2 is 2.00 bits per heavy atom. The van der Waals surface area contributed by atoms with Crippen molar-refractivity contribution < 1.29 is 9.84 Å². The number of hydrogen-bond acceptors (Lipinski definition) is 4. The number of hydrazone groups is 1. The van der Waals surface area contributed by atoms with E-state index in [0.717, 1.165) is 5.69 Å². The quantitative estimate of drug-likeness (QED) is 0.431. The molecule has 0 aliphatic carbocycles. The van der Waals surface area contributed by atoms with Gasteiger partial charge in [0.2, 0.25) is 0 Å². The van der Waals surface area contributed by atoms with Crippen LogP contribution in [0.15, 0.2) is 52.0 Å². The van der Waals surface area contributed by atoms with E-state index in [4.69, 9.17) is 17.0 Å². The van der Waals surface area contributed by atoms with E-state index in [1.165, 1.54) is 7.11 Å². The van der Waals surface area contributed by atoms with Crippen LogP contribution in [0.5, 0.6) is 11.5 Å². The van der Waals surface area contributed by atoms with Gasteiger partial charge < -0.3 is 15.2 Å². The number of phenolic OH excluding ortho intramolecular Hbond substituents is 1. The number of rotatable bonds is 4. The summed E-state index contributed by atoms with van der Waals surface area (Å²) in [6.07, 6.45) is 1.54. The van der Waals surface area contributed by atoms with Crippen molar-refractivity contribution in [1.82, 2.24) is 5.43 Å². The smallest absolute Gasteiger partial charge is 0.191 e. The van der Waals surface area contributed by atoms with Crippen molar-refractivity contribution in [2.24, 2.45) is 5.10 Å². The highest BCUT2D eigenvalue weighted by atomic mass is 79.9. The van der Waals surface area contributed by atoms with Crippen molar-refractivity contribution in [3.63, 3.8) is 0 Å². The average molecular weight is 380 g/mol. The number of anilines is 1. The molecule has 0 atom stereocenters. The van der Waals surface area contributed by atoms with Gasteiger partial charge in [0.25, 0.3) is 0 Å². The minimum Gasteiger partial charge on any atom is -0.503 e. The normalized spacial score (nSPS) is 10.5. The third kappa shape index (κ3) is 4.19.